The molecule has 4 rings (SSSR count). The Balaban J connectivity index is 0.00000420. The molecule has 0 aromatic heterocycles. The second-order valence-corrected chi connectivity index (χ2v) is 10.7. The smallest absolute Gasteiger partial charge is 0.256 e. The summed E-state index contributed by atoms with van der Waals surface area (Å²) in [6.45, 7) is 6.83. The van der Waals surface area contributed by atoms with E-state index >= 15 is 0 Å². The van der Waals surface area contributed by atoms with E-state index in [0.29, 0.717) is 32.5 Å². The van der Waals surface area contributed by atoms with Crippen LogP contribution in [0.25, 0.3) is 0 Å². The number of carbonyl (C=O) groups is 2. The maximum atomic E-state index is 13.7. The van der Waals surface area contributed by atoms with Crippen LogP contribution in [0.2, 0.25) is 0 Å². The Morgan fingerprint density at radius 2 is 1.77 bits per heavy atom. The number of hydrogen-bond acceptors (Lipinski definition) is 7. The Labute approximate surface area is 236 Å². The van der Waals surface area contributed by atoms with Gasteiger partial charge in [0.2, 0.25) is 5.91 Å². The number of nitrogens with two attached hydrogens (primary N) is 1. The van der Waals surface area contributed by atoms with E-state index in [9.17, 15) is 14.7 Å². The predicted molar refractivity (Wildman–Crippen MR) is 153 cm³/mol. The van der Waals surface area contributed by atoms with Crippen LogP contribution < -0.4 is 11.1 Å². The van der Waals surface area contributed by atoms with Crippen molar-refractivity contribution in [2.45, 2.75) is 58.0 Å². The lowest BCUT2D eigenvalue weighted by Gasteiger charge is -2.43. The second kappa shape index (κ2) is 13.0. The maximum absolute atomic E-state index is 13.7. The highest BCUT2D eigenvalue weighted by molar-refractivity contribution is 6.13. The molecule has 2 aliphatic rings. The number of aliphatic hydroxyl groups excluding tert-OH is 1. The number of halogens is 1. The summed E-state index contributed by atoms with van der Waals surface area (Å²) in [6.07, 6.45) is -0.0578. The molecule has 2 heterocycles. The molecule has 2 aliphatic heterocycles. The van der Waals surface area contributed by atoms with E-state index in [4.69, 9.17) is 10.5 Å². The fourth-order valence-electron chi connectivity index (χ4n) is 5.09. The van der Waals surface area contributed by atoms with Gasteiger partial charge in [0, 0.05) is 26.1 Å². The number of fused-ring (bicyclic) bond motifs is 1. The lowest BCUT2D eigenvalue weighted by Crippen LogP contribution is -2.63. The minimum Gasteiger partial charge on any atom is -0.376 e. The van der Waals surface area contributed by atoms with E-state index in [-0.39, 0.29) is 31.5 Å². The number of amides is 2. The lowest BCUT2D eigenvalue weighted by molar-refractivity contribution is -0.141. The van der Waals surface area contributed by atoms with E-state index < -0.39 is 29.1 Å². The molecule has 4 N–H and O–H groups in total. The predicted octanol–water partition coefficient (Wildman–Crippen LogP) is 2.32. The van der Waals surface area contributed by atoms with Crippen LogP contribution in [0.3, 0.4) is 0 Å². The molecule has 2 aromatic rings. The largest absolute Gasteiger partial charge is 0.376 e. The average Bonchev–Trinajstić information content (AvgIpc) is 3.18. The summed E-state index contributed by atoms with van der Waals surface area (Å²) >= 11 is 0. The van der Waals surface area contributed by atoms with Gasteiger partial charge in [-0.15, -0.1) is 12.4 Å². The molecule has 0 bridgehead atoms. The Morgan fingerprint density at radius 1 is 1.15 bits per heavy atom. The topological polar surface area (TPSA) is 120 Å². The van der Waals surface area contributed by atoms with Gasteiger partial charge in [0.25, 0.3) is 5.91 Å². The quantitative estimate of drug-likeness (QED) is 0.390. The molecule has 10 heteroatoms. The third-order valence-electron chi connectivity index (χ3n) is 7.24. The number of hydrazone groups is 1. The third kappa shape index (κ3) is 7.04. The molecular formula is C29H40ClN5O4. The van der Waals surface area contributed by atoms with Crippen LogP contribution in [-0.4, -0.2) is 76.6 Å². The molecule has 0 saturated carbocycles. The number of hydrogen-bond donors (Lipinski definition) is 3. The highest BCUT2D eigenvalue weighted by Crippen LogP contribution is 2.39. The summed E-state index contributed by atoms with van der Waals surface area (Å²) < 4.78 is 5.93. The molecule has 0 spiro atoms. The second-order valence-electron chi connectivity index (χ2n) is 10.7. The number of aliphatic hydroxyl groups is 1. The van der Waals surface area contributed by atoms with Gasteiger partial charge in [-0.1, -0.05) is 60.7 Å². The number of ether oxygens (including phenoxy) is 1. The first-order chi connectivity index (χ1) is 18.1. The van der Waals surface area contributed by atoms with Crippen LogP contribution >= 0.6 is 12.4 Å². The first-order valence-electron chi connectivity index (χ1n) is 13.2. The molecule has 0 radical (unpaired) electrons. The Kier molecular flexibility index (Phi) is 10.3. The van der Waals surface area contributed by atoms with Crippen molar-refractivity contribution in [2.75, 3.05) is 26.2 Å². The van der Waals surface area contributed by atoms with Crippen molar-refractivity contribution in [3.63, 3.8) is 0 Å². The summed E-state index contributed by atoms with van der Waals surface area (Å²) in [5.74, 6) is -0.447. The molecule has 39 heavy (non-hydrogen) atoms. The molecule has 0 aliphatic carbocycles. The fourth-order valence-corrected chi connectivity index (χ4v) is 5.09. The molecule has 1 unspecified atom stereocenters. The van der Waals surface area contributed by atoms with Gasteiger partial charge in [0.1, 0.15) is 11.6 Å². The van der Waals surface area contributed by atoms with Crippen LogP contribution in [0.1, 0.15) is 38.3 Å². The number of nitrogens with zero attached hydrogens (tertiary/aromatic N) is 3. The molecule has 1 fully saturated rings. The van der Waals surface area contributed by atoms with Crippen LogP contribution in [0.15, 0.2) is 65.8 Å². The number of piperidine rings is 1. The van der Waals surface area contributed by atoms with Crippen molar-refractivity contribution in [1.29, 1.82) is 0 Å². The normalized spacial score (nSPS) is 21.0. The monoisotopic (exact) mass is 557 g/mol. The van der Waals surface area contributed by atoms with E-state index in [1.165, 1.54) is 5.01 Å². The Bertz CT molecular complexity index is 1140. The Morgan fingerprint density at radius 3 is 2.36 bits per heavy atom. The molecule has 3 atom stereocenters. The molecule has 212 valence electrons. The summed E-state index contributed by atoms with van der Waals surface area (Å²) in [5.41, 5.74) is 6.91. The zero-order chi connectivity index (χ0) is 27.3. The molecule has 1 saturated heterocycles. The van der Waals surface area contributed by atoms with Crippen LogP contribution in [-0.2, 0) is 27.4 Å². The SMILES string of the molecule is CCN1N=C2CCN([C@H](O)C(COCc3ccccc3)NC(=O)C(C)(C)N)C[C@]2(Cc2ccccc2)C1=O.Cl. The van der Waals surface area contributed by atoms with Gasteiger partial charge >= 0.3 is 0 Å². The van der Waals surface area contributed by atoms with Crippen molar-refractivity contribution >= 4 is 29.9 Å². The Hall–Kier alpha value is -2.82. The molecule has 9 nitrogen and oxygen atoms in total. The van der Waals surface area contributed by atoms with Gasteiger partial charge in [0.15, 0.2) is 0 Å². The lowest BCUT2D eigenvalue weighted by atomic mass is 9.73. The van der Waals surface area contributed by atoms with Crippen molar-refractivity contribution in [3.8, 4) is 0 Å². The van der Waals surface area contributed by atoms with Crippen LogP contribution in [0, 0.1) is 5.41 Å². The summed E-state index contributed by atoms with van der Waals surface area (Å²) in [7, 11) is 0. The number of benzene rings is 2. The molecule has 2 aromatic carbocycles. The van der Waals surface area contributed by atoms with Gasteiger partial charge < -0.3 is 20.9 Å². The number of likely N-dealkylation sites (tertiary alicyclic amines) is 1. The van der Waals surface area contributed by atoms with Gasteiger partial charge in [-0.3, -0.25) is 14.5 Å². The first-order valence-corrected chi connectivity index (χ1v) is 13.2. The zero-order valence-corrected chi connectivity index (χ0v) is 23.7. The van der Waals surface area contributed by atoms with E-state index in [0.717, 1.165) is 16.8 Å². The first kappa shape index (κ1) is 30.7. The highest BCUT2D eigenvalue weighted by Gasteiger charge is 2.54. The molecule has 2 amide bonds. The van der Waals surface area contributed by atoms with Gasteiger partial charge in [-0.2, -0.15) is 5.10 Å². The number of rotatable bonds is 11. The summed E-state index contributed by atoms with van der Waals surface area (Å²) in [6, 6.07) is 18.8. The fraction of sp³-hybridized carbons (Fsp3) is 0.483. The van der Waals surface area contributed by atoms with Crippen LogP contribution in [0.5, 0.6) is 0 Å². The number of nitrogens with one attached hydrogen (secondary N) is 1. The zero-order valence-electron chi connectivity index (χ0n) is 22.9. The van der Waals surface area contributed by atoms with E-state index in [2.05, 4.69) is 10.4 Å². The third-order valence-corrected chi connectivity index (χ3v) is 7.24. The van der Waals surface area contributed by atoms with E-state index in [1.807, 2.05) is 72.5 Å². The minimum atomic E-state index is -1.13. The van der Waals surface area contributed by atoms with Gasteiger partial charge in [-0.25, -0.2) is 5.01 Å². The maximum Gasteiger partial charge on any atom is 0.256 e. The van der Waals surface area contributed by atoms with Crippen LogP contribution in [0.4, 0.5) is 0 Å². The standard InChI is InChI=1S/C29H39N5O4.ClH/c1-4-34-27(37)29(17-21-11-7-5-8-12-21)20-33(16-15-24(29)32-34)25(35)23(31-26(36)28(2,3)30)19-38-18-22-13-9-6-10-14-22;/h5-14,23,25,35H,4,15-20,30H2,1-3H3,(H,31,36);1H/t23?,25-,29+;/m1./s1. The van der Waals surface area contributed by atoms with Gasteiger partial charge in [-0.05, 0) is 38.3 Å². The summed E-state index contributed by atoms with van der Waals surface area (Å²) in [5, 5.41) is 20.7. The van der Waals surface area contributed by atoms with Crippen molar-refractivity contribution in [1.82, 2.24) is 15.2 Å². The van der Waals surface area contributed by atoms with Crippen molar-refractivity contribution in [2.24, 2.45) is 16.3 Å². The van der Waals surface area contributed by atoms with E-state index in [1.54, 1.807) is 13.8 Å². The van der Waals surface area contributed by atoms with Gasteiger partial charge in [0.05, 0.1) is 30.5 Å². The highest BCUT2D eigenvalue weighted by atomic mass is 35.5. The minimum absolute atomic E-state index is 0. The molecular weight excluding hydrogens is 518 g/mol. The van der Waals surface area contributed by atoms with Crippen molar-refractivity contribution < 1.29 is 19.4 Å². The average molecular weight is 558 g/mol. The number of carbonyl (C=O) groups excluding carboxylic acids is 2. The summed E-state index contributed by atoms with van der Waals surface area (Å²) in [4.78, 5) is 28.3. The van der Waals surface area contributed by atoms with Crippen molar-refractivity contribution in [3.05, 3.63) is 71.8 Å².